The summed E-state index contributed by atoms with van der Waals surface area (Å²) in [5.74, 6) is 1.39. The summed E-state index contributed by atoms with van der Waals surface area (Å²) in [6.45, 7) is 3.84. The minimum Gasteiger partial charge on any atom is -0.369 e. The predicted octanol–water partition coefficient (Wildman–Crippen LogP) is 4.20. The van der Waals surface area contributed by atoms with Gasteiger partial charge in [0.05, 0.1) is 0 Å². The average molecular weight is 323 g/mol. The molecule has 1 heterocycles. The zero-order chi connectivity index (χ0) is 16.9. The Labute approximate surface area is 143 Å². The molecule has 1 aliphatic rings. The number of aliphatic imine (C=N–C) groups is 1. The fourth-order valence-electron chi connectivity index (χ4n) is 3.32. The molecule has 1 aromatic heterocycles. The Morgan fingerprint density at radius 3 is 2.29 bits per heavy atom. The predicted molar refractivity (Wildman–Crippen MR) is 98.7 cm³/mol. The van der Waals surface area contributed by atoms with Crippen LogP contribution in [0.5, 0.6) is 0 Å². The number of anilines is 1. The van der Waals surface area contributed by atoms with Gasteiger partial charge in [0.25, 0.3) is 5.95 Å². The number of aryl methyl sites for hydroxylation is 2. The molecule has 5 heteroatoms. The summed E-state index contributed by atoms with van der Waals surface area (Å²) in [7, 11) is 0. The first-order chi connectivity index (χ1) is 11.6. The zero-order valence-corrected chi connectivity index (χ0v) is 14.4. The maximum Gasteiger partial charge on any atom is 0.253 e. The van der Waals surface area contributed by atoms with Crippen LogP contribution in [0.25, 0.3) is 0 Å². The monoisotopic (exact) mass is 323 g/mol. The van der Waals surface area contributed by atoms with E-state index < -0.39 is 0 Å². The first kappa shape index (κ1) is 16.4. The second-order valence-electron chi connectivity index (χ2n) is 6.53. The van der Waals surface area contributed by atoms with Crippen LogP contribution in [0.1, 0.15) is 55.0 Å². The smallest absolute Gasteiger partial charge is 0.253 e. The number of hydrogen-bond acceptors (Lipinski definition) is 3. The minimum absolute atomic E-state index is 0.297. The van der Waals surface area contributed by atoms with E-state index in [1.807, 2.05) is 19.9 Å². The van der Waals surface area contributed by atoms with Gasteiger partial charge < -0.3 is 11.1 Å². The molecule has 1 aliphatic carbocycles. The van der Waals surface area contributed by atoms with Crippen LogP contribution in [0.4, 0.5) is 11.6 Å². The number of guanidine groups is 1. The first-order valence-corrected chi connectivity index (χ1v) is 8.63. The van der Waals surface area contributed by atoms with E-state index in [2.05, 4.69) is 44.5 Å². The van der Waals surface area contributed by atoms with E-state index in [1.165, 1.54) is 37.7 Å². The lowest BCUT2D eigenvalue weighted by molar-refractivity contribution is 0.443. The Kier molecular flexibility index (Phi) is 5.08. The second kappa shape index (κ2) is 7.43. The Bertz CT molecular complexity index is 695. The highest BCUT2D eigenvalue weighted by atomic mass is 15.2. The van der Waals surface area contributed by atoms with Crippen LogP contribution in [-0.4, -0.2) is 15.9 Å². The number of aromatic nitrogens is 2. The number of nitrogens with one attached hydrogen (secondary N) is 1. The first-order valence-electron chi connectivity index (χ1n) is 8.63. The number of nitrogens with zero attached hydrogens (tertiary/aromatic N) is 3. The molecule has 3 rings (SSSR count). The third kappa shape index (κ3) is 4.31. The zero-order valence-electron chi connectivity index (χ0n) is 14.4. The van der Waals surface area contributed by atoms with Crippen molar-refractivity contribution in [2.24, 2.45) is 10.7 Å². The van der Waals surface area contributed by atoms with Crippen molar-refractivity contribution in [1.29, 1.82) is 0 Å². The lowest BCUT2D eigenvalue weighted by Crippen LogP contribution is -2.22. The molecule has 126 valence electrons. The molecule has 2 aromatic rings. The van der Waals surface area contributed by atoms with Gasteiger partial charge in [-0.1, -0.05) is 31.4 Å². The van der Waals surface area contributed by atoms with Crippen LogP contribution in [0.15, 0.2) is 35.3 Å². The van der Waals surface area contributed by atoms with Gasteiger partial charge >= 0.3 is 0 Å². The van der Waals surface area contributed by atoms with Gasteiger partial charge in [-0.3, -0.25) is 0 Å². The van der Waals surface area contributed by atoms with Crippen molar-refractivity contribution in [2.45, 2.75) is 51.9 Å². The molecule has 0 atom stereocenters. The van der Waals surface area contributed by atoms with E-state index in [1.54, 1.807) is 0 Å². The Balaban J connectivity index is 1.67. The average Bonchev–Trinajstić information content (AvgIpc) is 2.55. The summed E-state index contributed by atoms with van der Waals surface area (Å²) in [6.07, 6.45) is 6.69. The van der Waals surface area contributed by atoms with Gasteiger partial charge in [-0.15, -0.1) is 0 Å². The van der Waals surface area contributed by atoms with Crippen molar-refractivity contribution in [3.63, 3.8) is 0 Å². The largest absolute Gasteiger partial charge is 0.369 e. The molecular formula is C19H25N5. The number of benzene rings is 1. The van der Waals surface area contributed by atoms with Crippen molar-refractivity contribution in [3.05, 3.63) is 47.3 Å². The van der Waals surface area contributed by atoms with Gasteiger partial charge in [0.15, 0.2) is 0 Å². The van der Waals surface area contributed by atoms with E-state index in [4.69, 9.17) is 5.73 Å². The maximum absolute atomic E-state index is 5.98. The van der Waals surface area contributed by atoms with Gasteiger partial charge in [0.2, 0.25) is 5.96 Å². The van der Waals surface area contributed by atoms with E-state index in [-0.39, 0.29) is 0 Å². The molecule has 5 nitrogen and oxygen atoms in total. The topological polar surface area (TPSA) is 76.2 Å². The Morgan fingerprint density at radius 1 is 1.04 bits per heavy atom. The summed E-state index contributed by atoms with van der Waals surface area (Å²) in [4.78, 5) is 12.8. The fraction of sp³-hybridized carbons (Fsp3) is 0.421. The van der Waals surface area contributed by atoms with E-state index in [0.717, 1.165) is 17.1 Å². The molecule has 0 bridgehead atoms. The molecule has 1 saturated carbocycles. The minimum atomic E-state index is 0.297. The molecule has 0 radical (unpaired) electrons. The number of rotatable bonds is 3. The highest BCUT2D eigenvalue weighted by molar-refractivity contribution is 5.93. The van der Waals surface area contributed by atoms with E-state index in [9.17, 15) is 0 Å². The highest BCUT2D eigenvalue weighted by Gasteiger charge is 2.15. The molecule has 0 aliphatic heterocycles. The maximum atomic E-state index is 5.98. The summed E-state index contributed by atoms with van der Waals surface area (Å²) in [6, 6.07) is 10.4. The number of hydrogen-bond donors (Lipinski definition) is 2. The second-order valence-corrected chi connectivity index (χ2v) is 6.53. The Morgan fingerprint density at radius 2 is 1.67 bits per heavy atom. The van der Waals surface area contributed by atoms with Crippen molar-refractivity contribution < 1.29 is 0 Å². The van der Waals surface area contributed by atoms with Gasteiger partial charge in [-0.2, -0.15) is 4.99 Å². The van der Waals surface area contributed by atoms with Gasteiger partial charge in [0.1, 0.15) is 0 Å². The van der Waals surface area contributed by atoms with Crippen molar-refractivity contribution in [2.75, 3.05) is 5.32 Å². The molecular weight excluding hydrogens is 298 g/mol. The molecule has 0 amide bonds. The lowest BCUT2D eigenvalue weighted by atomic mass is 9.84. The van der Waals surface area contributed by atoms with E-state index in [0.29, 0.717) is 17.8 Å². The summed E-state index contributed by atoms with van der Waals surface area (Å²) < 4.78 is 0. The number of nitrogens with two attached hydrogens (primary N) is 1. The molecule has 3 N–H and O–H groups in total. The van der Waals surface area contributed by atoms with Crippen LogP contribution in [0, 0.1) is 13.8 Å². The van der Waals surface area contributed by atoms with Crippen LogP contribution in [-0.2, 0) is 0 Å². The molecule has 24 heavy (non-hydrogen) atoms. The van der Waals surface area contributed by atoms with Crippen LogP contribution >= 0.6 is 0 Å². The van der Waals surface area contributed by atoms with Crippen LogP contribution in [0.3, 0.4) is 0 Å². The summed E-state index contributed by atoms with van der Waals surface area (Å²) in [5.41, 5.74) is 10.1. The van der Waals surface area contributed by atoms with Gasteiger partial charge in [-0.05, 0) is 56.4 Å². The van der Waals surface area contributed by atoms with Gasteiger partial charge in [0, 0.05) is 17.1 Å². The van der Waals surface area contributed by atoms with Crippen molar-refractivity contribution >= 4 is 17.6 Å². The highest BCUT2D eigenvalue weighted by Crippen LogP contribution is 2.32. The SMILES string of the molecule is Cc1cc(C)nc(/N=C(/N)Nc2ccc(C3CCCCC3)cc2)n1. The molecule has 1 aromatic carbocycles. The third-order valence-electron chi connectivity index (χ3n) is 4.45. The van der Waals surface area contributed by atoms with Crippen molar-refractivity contribution in [1.82, 2.24) is 9.97 Å². The molecule has 1 fully saturated rings. The standard InChI is InChI=1S/C19H25N5/c1-13-12-14(2)22-19(21-13)24-18(20)23-17-10-8-16(9-11-17)15-6-4-3-5-7-15/h8-12,15H,3-7H2,1-2H3,(H3,20,21,22,23,24). The normalized spacial score (nSPS) is 16.2. The summed E-state index contributed by atoms with van der Waals surface area (Å²) >= 11 is 0. The quantitative estimate of drug-likeness (QED) is 0.655. The van der Waals surface area contributed by atoms with Crippen LogP contribution < -0.4 is 11.1 Å². The lowest BCUT2D eigenvalue weighted by Gasteiger charge is -2.22. The van der Waals surface area contributed by atoms with Gasteiger partial charge in [-0.25, -0.2) is 9.97 Å². The Hall–Kier alpha value is -2.43. The van der Waals surface area contributed by atoms with Crippen LogP contribution in [0.2, 0.25) is 0 Å². The third-order valence-corrected chi connectivity index (χ3v) is 4.45. The molecule has 0 spiro atoms. The molecule has 0 saturated heterocycles. The molecule has 0 unspecified atom stereocenters. The van der Waals surface area contributed by atoms with Crippen molar-refractivity contribution in [3.8, 4) is 0 Å². The summed E-state index contributed by atoms with van der Waals surface area (Å²) in [5, 5.41) is 3.11. The fourth-order valence-corrected chi connectivity index (χ4v) is 3.32. The van der Waals surface area contributed by atoms with E-state index >= 15 is 0 Å².